The van der Waals surface area contributed by atoms with Gasteiger partial charge in [-0.1, -0.05) is 49.2 Å². The molecule has 3 heteroatoms. The summed E-state index contributed by atoms with van der Waals surface area (Å²) in [7, 11) is 0. The van der Waals surface area contributed by atoms with Crippen molar-refractivity contribution in [1.29, 1.82) is 0 Å². The lowest BCUT2D eigenvalue weighted by atomic mass is 9.98. The predicted octanol–water partition coefficient (Wildman–Crippen LogP) is 4.43. The summed E-state index contributed by atoms with van der Waals surface area (Å²) in [5.74, 6) is 0.661. The van der Waals surface area contributed by atoms with Crippen LogP contribution in [0.5, 0.6) is 0 Å². The van der Waals surface area contributed by atoms with Crippen LogP contribution in [0, 0.1) is 5.92 Å². The van der Waals surface area contributed by atoms with E-state index in [1.165, 1.54) is 0 Å². The van der Waals surface area contributed by atoms with Crippen molar-refractivity contribution < 1.29 is 0 Å². The van der Waals surface area contributed by atoms with Crippen molar-refractivity contribution in [3.8, 4) is 0 Å². The van der Waals surface area contributed by atoms with Gasteiger partial charge in [-0.15, -0.1) is 0 Å². The molecule has 84 valence electrons. The molecule has 0 heterocycles. The SMILES string of the molecule is CC(C)CCC(N)c1cccc(Cl)c1Cl. The minimum Gasteiger partial charge on any atom is -0.324 e. The van der Waals surface area contributed by atoms with Crippen molar-refractivity contribution in [2.24, 2.45) is 11.7 Å². The second-order valence-electron chi connectivity index (χ2n) is 4.22. The molecule has 1 atom stereocenters. The Kier molecular flexibility index (Phi) is 4.91. The summed E-state index contributed by atoms with van der Waals surface area (Å²) in [4.78, 5) is 0. The summed E-state index contributed by atoms with van der Waals surface area (Å²) in [6.45, 7) is 4.37. The smallest absolute Gasteiger partial charge is 0.0639 e. The van der Waals surface area contributed by atoms with Crippen LogP contribution in [0.4, 0.5) is 0 Å². The van der Waals surface area contributed by atoms with Crippen molar-refractivity contribution in [3.05, 3.63) is 33.8 Å². The van der Waals surface area contributed by atoms with Gasteiger partial charge in [0.2, 0.25) is 0 Å². The average molecular weight is 246 g/mol. The van der Waals surface area contributed by atoms with Crippen LogP contribution < -0.4 is 5.73 Å². The minimum atomic E-state index is -0.0152. The zero-order valence-electron chi connectivity index (χ0n) is 9.13. The minimum absolute atomic E-state index is 0.0152. The maximum Gasteiger partial charge on any atom is 0.0639 e. The molecular formula is C12H17Cl2N. The lowest BCUT2D eigenvalue weighted by molar-refractivity contribution is 0.507. The van der Waals surface area contributed by atoms with Crippen molar-refractivity contribution >= 4 is 23.2 Å². The van der Waals surface area contributed by atoms with Crippen LogP contribution in [-0.4, -0.2) is 0 Å². The third kappa shape index (κ3) is 3.67. The molecule has 2 N–H and O–H groups in total. The first-order valence-electron chi connectivity index (χ1n) is 5.22. The number of halogens is 2. The predicted molar refractivity (Wildman–Crippen MR) is 67.5 cm³/mol. The van der Waals surface area contributed by atoms with Crippen LogP contribution >= 0.6 is 23.2 Å². The zero-order chi connectivity index (χ0) is 11.4. The largest absolute Gasteiger partial charge is 0.324 e. The molecule has 0 fully saturated rings. The third-order valence-corrected chi connectivity index (χ3v) is 3.27. The van der Waals surface area contributed by atoms with Gasteiger partial charge in [0.25, 0.3) is 0 Å². The summed E-state index contributed by atoms with van der Waals surface area (Å²) in [5.41, 5.74) is 7.02. The first-order chi connectivity index (χ1) is 7.02. The Hall–Kier alpha value is -0.240. The lowest BCUT2D eigenvalue weighted by Gasteiger charge is -2.15. The van der Waals surface area contributed by atoms with Gasteiger partial charge < -0.3 is 5.73 Å². The normalized spacial score (nSPS) is 13.2. The number of hydrogen-bond acceptors (Lipinski definition) is 1. The van der Waals surface area contributed by atoms with Gasteiger partial charge in [0.1, 0.15) is 0 Å². The third-order valence-electron chi connectivity index (χ3n) is 2.44. The Balaban J connectivity index is 2.73. The zero-order valence-corrected chi connectivity index (χ0v) is 10.6. The summed E-state index contributed by atoms with van der Waals surface area (Å²) < 4.78 is 0. The van der Waals surface area contributed by atoms with Gasteiger partial charge >= 0.3 is 0 Å². The van der Waals surface area contributed by atoms with Gasteiger partial charge in [0, 0.05) is 6.04 Å². The van der Waals surface area contributed by atoms with E-state index in [0.717, 1.165) is 18.4 Å². The van der Waals surface area contributed by atoms with E-state index in [4.69, 9.17) is 28.9 Å². The van der Waals surface area contributed by atoms with Crippen LogP contribution in [0.1, 0.15) is 38.3 Å². The van der Waals surface area contributed by atoms with Crippen molar-refractivity contribution in [3.63, 3.8) is 0 Å². The van der Waals surface area contributed by atoms with Crippen LogP contribution in [0.3, 0.4) is 0 Å². The molecule has 0 saturated carbocycles. The van der Waals surface area contributed by atoms with E-state index in [1.54, 1.807) is 6.07 Å². The van der Waals surface area contributed by atoms with Gasteiger partial charge in [0.05, 0.1) is 10.0 Å². The molecule has 15 heavy (non-hydrogen) atoms. The van der Waals surface area contributed by atoms with E-state index in [1.807, 2.05) is 12.1 Å². The Morgan fingerprint density at radius 3 is 2.47 bits per heavy atom. The number of hydrogen-bond donors (Lipinski definition) is 1. The molecule has 0 aliphatic carbocycles. The summed E-state index contributed by atoms with van der Waals surface area (Å²) in [6, 6.07) is 5.60. The van der Waals surface area contributed by atoms with E-state index >= 15 is 0 Å². The highest BCUT2D eigenvalue weighted by atomic mass is 35.5. The Bertz CT molecular complexity index is 323. The van der Waals surface area contributed by atoms with Gasteiger partial charge in [-0.25, -0.2) is 0 Å². The van der Waals surface area contributed by atoms with Crippen LogP contribution in [0.2, 0.25) is 10.0 Å². The highest BCUT2D eigenvalue weighted by molar-refractivity contribution is 6.42. The van der Waals surface area contributed by atoms with Crippen molar-refractivity contribution in [2.45, 2.75) is 32.7 Å². The Morgan fingerprint density at radius 2 is 1.87 bits per heavy atom. The molecule has 0 amide bonds. The van der Waals surface area contributed by atoms with E-state index in [9.17, 15) is 0 Å². The molecule has 0 aliphatic rings. The molecule has 0 radical (unpaired) electrons. The monoisotopic (exact) mass is 245 g/mol. The highest BCUT2D eigenvalue weighted by Crippen LogP contribution is 2.31. The fraction of sp³-hybridized carbons (Fsp3) is 0.500. The molecule has 1 unspecified atom stereocenters. The standard InChI is InChI=1S/C12H17Cl2N/c1-8(2)6-7-11(15)9-4-3-5-10(13)12(9)14/h3-5,8,11H,6-7,15H2,1-2H3. The molecule has 1 rings (SSSR count). The van der Waals surface area contributed by atoms with E-state index in [2.05, 4.69) is 13.8 Å². The summed E-state index contributed by atoms with van der Waals surface area (Å²) >= 11 is 12.0. The van der Waals surface area contributed by atoms with E-state index in [-0.39, 0.29) is 6.04 Å². The maximum atomic E-state index is 6.09. The molecule has 1 nitrogen and oxygen atoms in total. The van der Waals surface area contributed by atoms with E-state index in [0.29, 0.717) is 16.0 Å². The van der Waals surface area contributed by atoms with Gasteiger partial charge in [-0.05, 0) is 30.4 Å². The lowest BCUT2D eigenvalue weighted by Crippen LogP contribution is -2.11. The second kappa shape index (κ2) is 5.74. The molecule has 0 saturated heterocycles. The molecular weight excluding hydrogens is 229 g/mol. The molecule has 0 bridgehead atoms. The summed E-state index contributed by atoms with van der Waals surface area (Å²) in [5, 5.41) is 1.17. The quantitative estimate of drug-likeness (QED) is 0.835. The number of benzene rings is 1. The van der Waals surface area contributed by atoms with Crippen molar-refractivity contribution in [2.75, 3.05) is 0 Å². The van der Waals surface area contributed by atoms with Crippen LogP contribution in [0.25, 0.3) is 0 Å². The van der Waals surface area contributed by atoms with E-state index < -0.39 is 0 Å². The topological polar surface area (TPSA) is 26.0 Å². The number of nitrogens with two attached hydrogens (primary N) is 1. The van der Waals surface area contributed by atoms with Crippen LogP contribution in [-0.2, 0) is 0 Å². The van der Waals surface area contributed by atoms with Gasteiger partial charge in [0.15, 0.2) is 0 Å². The number of rotatable bonds is 4. The molecule has 0 aliphatic heterocycles. The van der Waals surface area contributed by atoms with Crippen molar-refractivity contribution in [1.82, 2.24) is 0 Å². The first kappa shape index (κ1) is 12.8. The maximum absolute atomic E-state index is 6.09. The molecule has 0 aromatic heterocycles. The average Bonchev–Trinajstić information content (AvgIpc) is 2.18. The first-order valence-corrected chi connectivity index (χ1v) is 5.97. The van der Waals surface area contributed by atoms with Crippen LogP contribution in [0.15, 0.2) is 18.2 Å². The fourth-order valence-corrected chi connectivity index (χ4v) is 1.92. The highest BCUT2D eigenvalue weighted by Gasteiger charge is 2.12. The fourth-order valence-electron chi connectivity index (χ4n) is 1.48. The summed E-state index contributed by atoms with van der Waals surface area (Å²) in [6.07, 6.45) is 2.04. The molecule has 0 spiro atoms. The molecule has 1 aromatic carbocycles. The van der Waals surface area contributed by atoms with Gasteiger partial charge in [-0.3, -0.25) is 0 Å². The van der Waals surface area contributed by atoms with Gasteiger partial charge in [-0.2, -0.15) is 0 Å². The Morgan fingerprint density at radius 1 is 1.20 bits per heavy atom. The second-order valence-corrected chi connectivity index (χ2v) is 5.01. The molecule has 1 aromatic rings. The Labute approximate surface area is 102 Å².